The van der Waals surface area contributed by atoms with Gasteiger partial charge in [0, 0.05) is 18.0 Å². The molecule has 1 saturated carbocycles. The SMILES string of the molecule is COC(=O)N[C@H](C(=O)N1CCC[C@H]1c1nc2c(ccc3cc(-c4ccc(-c5cnc([C@]6(C)[C@H]7CC[C@H](C7)N6C(=O)[C@@H](NC(=O)OC)C(C)C)[nH]5)cc4)ccc32)[nH]1)C(C)C. The van der Waals surface area contributed by atoms with Gasteiger partial charge in [0.15, 0.2) is 0 Å². The molecule has 14 heteroatoms. The van der Waals surface area contributed by atoms with E-state index in [4.69, 9.17) is 19.4 Å². The maximum atomic E-state index is 14.2. The molecule has 3 aromatic carbocycles. The van der Waals surface area contributed by atoms with E-state index in [9.17, 15) is 19.2 Å². The predicted molar refractivity (Wildman–Crippen MR) is 224 cm³/mol. The Kier molecular flexibility index (Phi) is 10.6. The second-order valence-corrected chi connectivity index (χ2v) is 17.2. The van der Waals surface area contributed by atoms with Crippen molar-refractivity contribution in [1.29, 1.82) is 0 Å². The van der Waals surface area contributed by atoms with E-state index in [1.165, 1.54) is 14.2 Å². The van der Waals surface area contributed by atoms with Crippen molar-refractivity contribution in [3.63, 3.8) is 0 Å². The molecule has 6 atom stereocenters. The number of methoxy groups -OCH3 is 2. The van der Waals surface area contributed by atoms with E-state index in [2.05, 4.69) is 76.1 Å². The molecule has 4 N–H and O–H groups in total. The molecule has 4 amide bonds. The number of aromatic nitrogens is 4. The van der Waals surface area contributed by atoms with Gasteiger partial charge in [0.1, 0.15) is 29.3 Å². The van der Waals surface area contributed by atoms with Crippen LogP contribution < -0.4 is 10.6 Å². The third-order valence-electron chi connectivity index (χ3n) is 13.0. The topological polar surface area (TPSA) is 175 Å². The monoisotopic (exact) mass is 802 g/mol. The average molecular weight is 803 g/mol. The van der Waals surface area contributed by atoms with Gasteiger partial charge >= 0.3 is 12.2 Å². The molecule has 4 heterocycles. The summed E-state index contributed by atoms with van der Waals surface area (Å²) in [6.45, 7) is 10.4. The van der Waals surface area contributed by atoms with Gasteiger partial charge in [0.25, 0.3) is 0 Å². The first kappa shape index (κ1) is 39.9. The Bertz CT molecular complexity index is 2400. The first-order valence-corrected chi connectivity index (χ1v) is 20.7. The van der Waals surface area contributed by atoms with E-state index < -0.39 is 29.8 Å². The van der Waals surface area contributed by atoms with Crippen LogP contribution in [0.25, 0.3) is 44.2 Å². The van der Waals surface area contributed by atoms with Crippen LogP contribution in [0.5, 0.6) is 0 Å². The zero-order chi connectivity index (χ0) is 41.7. The molecule has 0 unspecified atom stereocenters. The summed E-state index contributed by atoms with van der Waals surface area (Å²) >= 11 is 0. The lowest BCUT2D eigenvalue weighted by molar-refractivity contribution is -0.144. The molecular formula is C45H54N8O6. The third kappa shape index (κ3) is 7.05. The number of likely N-dealkylation sites (tertiary alicyclic amines) is 2. The maximum absolute atomic E-state index is 14.2. The number of hydrogen-bond acceptors (Lipinski definition) is 8. The number of benzene rings is 3. The minimum atomic E-state index is -0.706. The second-order valence-electron chi connectivity index (χ2n) is 17.2. The summed E-state index contributed by atoms with van der Waals surface area (Å²) in [5.41, 5.74) is 5.10. The fourth-order valence-electron chi connectivity index (χ4n) is 9.76. The summed E-state index contributed by atoms with van der Waals surface area (Å²) < 4.78 is 9.64. The minimum absolute atomic E-state index is 0.0911. The highest BCUT2D eigenvalue weighted by Gasteiger charge is 2.59. The highest BCUT2D eigenvalue weighted by Crippen LogP contribution is 2.54. The van der Waals surface area contributed by atoms with Gasteiger partial charge in [-0.05, 0) is 91.0 Å². The Morgan fingerprint density at radius 1 is 0.814 bits per heavy atom. The molecule has 8 rings (SSSR count). The third-order valence-corrected chi connectivity index (χ3v) is 13.0. The Morgan fingerprint density at radius 3 is 2.15 bits per heavy atom. The largest absolute Gasteiger partial charge is 0.453 e. The van der Waals surface area contributed by atoms with Crippen LogP contribution in [0.2, 0.25) is 0 Å². The molecule has 14 nitrogen and oxygen atoms in total. The average Bonchev–Trinajstić information content (AvgIpc) is 4.09. The number of H-pyrrole nitrogens is 2. The fourth-order valence-corrected chi connectivity index (χ4v) is 9.76. The van der Waals surface area contributed by atoms with Gasteiger partial charge in [-0.1, -0.05) is 70.2 Å². The Hall–Kier alpha value is -5.92. The first-order chi connectivity index (χ1) is 28.3. The highest BCUT2D eigenvalue weighted by molar-refractivity contribution is 6.05. The lowest BCUT2D eigenvalue weighted by atomic mass is 9.83. The summed E-state index contributed by atoms with van der Waals surface area (Å²) in [4.78, 5) is 72.9. The van der Waals surface area contributed by atoms with Crippen molar-refractivity contribution in [2.75, 3.05) is 20.8 Å². The number of imidazole rings is 2. The molecule has 310 valence electrons. The summed E-state index contributed by atoms with van der Waals surface area (Å²) in [7, 11) is 2.60. The van der Waals surface area contributed by atoms with Crippen molar-refractivity contribution < 1.29 is 28.7 Å². The quantitative estimate of drug-likeness (QED) is 0.113. The van der Waals surface area contributed by atoms with E-state index >= 15 is 0 Å². The van der Waals surface area contributed by atoms with E-state index in [0.717, 1.165) is 87.9 Å². The number of nitrogens with zero attached hydrogens (tertiary/aromatic N) is 4. The smallest absolute Gasteiger partial charge is 0.407 e. The number of fused-ring (bicyclic) bond motifs is 5. The fraction of sp³-hybridized carbons (Fsp3) is 0.467. The summed E-state index contributed by atoms with van der Waals surface area (Å²) in [6.07, 6.45) is 5.09. The summed E-state index contributed by atoms with van der Waals surface area (Å²) in [5, 5.41) is 7.56. The number of nitrogens with one attached hydrogen (secondary N) is 4. The van der Waals surface area contributed by atoms with Crippen molar-refractivity contribution in [2.45, 2.75) is 96.4 Å². The highest BCUT2D eigenvalue weighted by atomic mass is 16.5. The van der Waals surface area contributed by atoms with Gasteiger partial charge in [0.2, 0.25) is 11.8 Å². The number of rotatable bonds is 10. The number of carbonyl (C=O) groups excluding carboxylic acids is 4. The molecule has 2 aliphatic heterocycles. The number of ether oxygens (including phenoxy) is 2. The molecule has 3 fully saturated rings. The molecule has 1 aliphatic carbocycles. The van der Waals surface area contributed by atoms with Crippen LogP contribution in [0, 0.1) is 17.8 Å². The number of carbonyl (C=O) groups is 4. The molecule has 3 aliphatic rings. The Morgan fingerprint density at radius 2 is 1.47 bits per heavy atom. The molecular weight excluding hydrogens is 749 g/mol. The first-order valence-electron chi connectivity index (χ1n) is 20.7. The molecule has 2 bridgehead atoms. The van der Waals surface area contributed by atoms with Gasteiger partial charge in [-0.3, -0.25) is 9.59 Å². The molecule has 0 radical (unpaired) electrons. The van der Waals surface area contributed by atoms with Gasteiger partial charge in [-0.15, -0.1) is 0 Å². The van der Waals surface area contributed by atoms with Crippen molar-refractivity contribution in [1.82, 2.24) is 40.4 Å². The minimum Gasteiger partial charge on any atom is -0.453 e. The van der Waals surface area contributed by atoms with Gasteiger partial charge in [-0.25, -0.2) is 19.6 Å². The number of amides is 4. The van der Waals surface area contributed by atoms with E-state index in [1.807, 2.05) is 49.8 Å². The molecule has 2 aromatic heterocycles. The summed E-state index contributed by atoms with van der Waals surface area (Å²) in [6, 6.07) is 17.4. The van der Waals surface area contributed by atoms with Gasteiger partial charge < -0.3 is 39.9 Å². The molecule has 0 spiro atoms. The van der Waals surface area contributed by atoms with Gasteiger partial charge in [0.05, 0.1) is 43.2 Å². The number of piperidine rings is 1. The van der Waals surface area contributed by atoms with Crippen molar-refractivity contribution in [3.05, 3.63) is 72.4 Å². The van der Waals surface area contributed by atoms with E-state index in [0.29, 0.717) is 6.54 Å². The predicted octanol–water partition coefficient (Wildman–Crippen LogP) is 7.42. The second kappa shape index (κ2) is 15.7. The zero-order valence-electron chi connectivity index (χ0n) is 34.8. The lowest BCUT2D eigenvalue weighted by Gasteiger charge is -2.45. The number of hydrogen-bond donors (Lipinski definition) is 4. The molecule has 2 saturated heterocycles. The van der Waals surface area contributed by atoms with Crippen LogP contribution in [0.15, 0.2) is 60.8 Å². The molecule has 5 aromatic rings. The normalized spacial score (nSPS) is 22.4. The molecule has 59 heavy (non-hydrogen) atoms. The summed E-state index contributed by atoms with van der Waals surface area (Å²) in [5.74, 6) is 1.27. The van der Waals surface area contributed by atoms with Crippen molar-refractivity contribution >= 4 is 45.8 Å². The number of alkyl carbamates (subject to hydrolysis) is 2. The van der Waals surface area contributed by atoms with Crippen molar-refractivity contribution in [2.24, 2.45) is 17.8 Å². The van der Waals surface area contributed by atoms with Crippen LogP contribution in [0.4, 0.5) is 9.59 Å². The standard InChI is InChI=1S/C45H54N8O6/c1-24(2)36(50-43(56)58-6)40(54)52-20-8-9-35(52)39-47-33-19-15-29-21-28(14-18-32(29)38(33)49-39)26-10-12-27(13-11-26)34-23-46-42(48-34)45(5)30-16-17-31(22-30)53(45)41(55)37(25(3)4)51-44(57)59-7/h10-15,18-19,21,23-25,30-31,35-37H,8-9,16-17,20,22H2,1-7H3,(H,46,48)(H,47,49)(H,50,56)(H,51,57)/t30-,31+,35-,36-,37-,45-/m0/s1. The van der Waals surface area contributed by atoms with Gasteiger partial charge in [-0.2, -0.15) is 0 Å². The lowest BCUT2D eigenvalue weighted by Crippen LogP contribution is -2.59. The van der Waals surface area contributed by atoms with E-state index in [1.54, 1.807) is 0 Å². The number of aromatic amines is 2. The van der Waals surface area contributed by atoms with Crippen LogP contribution in [-0.4, -0.2) is 92.6 Å². The van der Waals surface area contributed by atoms with Crippen LogP contribution in [0.1, 0.15) is 84.4 Å². The van der Waals surface area contributed by atoms with Crippen LogP contribution in [-0.2, 0) is 24.6 Å². The van der Waals surface area contributed by atoms with Crippen molar-refractivity contribution in [3.8, 4) is 22.4 Å². The zero-order valence-corrected chi connectivity index (χ0v) is 34.8. The maximum Gasteiger partial charge on any atom is 0.407 e. The Balaban J connectivity index is 1.01. The van der Waals surface area contributed by atoms with E-state index in [-0.39, 0.29) is 41.7 Å². The van der Waals surface area contributed by atoms with Crippen LogP contribution >= 0.6 is 0 Å². The Labute approximate surface area is 343 Å². The van der Waals surface area contributed by atoms with Crippen LogP contribution in [0.3, 0.4) is 0 Å².